The molecule has 0 aliphatic heterocycles. The molecule has 154 valence electrons. The fraction of sp³-hybridized carbons (Fsp3) is 0.167. The zero-order chi connectivity index (χ0) is 21.4. The molecule has 0 unspecified atom stereocenters. The van der Waals surface area contributed by atoms with Crippen LogP contribution in [0.25, 0.3) is 32.7 Å². The predicted molar refractivity (Wildman–Crippen MR) is 126 cm³/mol. The maximum atomic E-state index is 4.66. The molecule has 0 saturated carbocycles. The molecule has 7 heteroatoms. The van der Waals surface area contributed by atoms with Crippen LogP contribution in [0.3, 0.4) is 0 Å². The van der Waals surface area contributed by atoms with Gasteiger partial charge >= 0.3 is 0 Å². The zero-order valence-corrected chi connectivity index (χ0v) is 18.4. The molecule has 0 amide bonds. The molecule has 0 spiro atoms. The van der Waals surface area contributed by atoms with Crippen molar-refractivity contribution in [1.82, 2.24) is 24.7 Å². The van der Waals surface area contributed by atoms with Crippen LogP contribution in [0, 0.1) is 6.92 Å². The zero-order valence-electron chi connectivity index (χ0n) is 17.6. The number of aryl methyl sites for hydroxylation is 2. The third-order valence-electron chi connectivity index (χ3n) is 5.33. The lowest BCUT2D eigenvalue weighted by molar-refractivity contribution is 0.775. The number of nitrogens with zero attached hydrogens (tertiary/aromatic N) is 5. The van der Waals surface area contributed by atoms with Gasteiger partial charge in [0.05, 0.1) is 27.1 Å². The van der Waals surface area contributed by atoms with Crippen LogP contribution in [0.2, 0.25) is 0 Å². The summed E-state index contributed by atoms with van der Waals surface area (Å²) in [5.41, 5.74) is 8.27. The summed E-state index contributed by atoms with van der Waals surface area (Å²) in [5, 5.41) is 7.83. The van der Waals surface area contributed by atoms with Crippen LogP contribution in [0.5, 0.6) is 0 Å². The van der Waals surface area contributed by atoms with Crippen LogP contribution in [-0.4, -0.2) is 24.7 Å². The minimum absolute atomic E-state index is 0.0827. The maximum Gasteiger partial charge on any atom is 0.130 e. The Morgan fingerprint density at radius 3 is 2.74 bits per heavy atom. The molecule has 0 aliphatic carbocycles. The fourth-order valence-electron chi connectivity index (χ4n) is 3.73. The van der Waals surface area contributed by atoms with Crippen LogP contribution in [0.1, 0.15) is 24.4 Å². The molecular formula is C24H22N6S. The number of anilines is 1. The van der Waals surface area contributed by atoms with Crippen LogP contribution in [0.15, 0.2) is 66.3 Å². The minimum atomic E-state index is 0.0827. The van der Waals surface area contributed by atoms with E-state index in [0.717, 1.165) is 44.4 Å². The van der Waals surface area contributed by atoms with Crippen molar-refractivity contribution in [2.24, 2.45) is 7.05 Å². The summed E-state index contributed by atoms with van der Waals surface area (Å²) in [6, 6.07) is 18.9. The van der Waals surface area contributed by atoms with Gasteiger partial charge in [0, 0.05) is 36.5 Å². The molecule has 6 nitrogen and oxygen atoms in total. The van der Waals surface area contributed by atoms with E-state index in [-0.39, 0.29) is 6.04 Å². The summed E-state index contributed by atoms with van der Waals surface area (Å²) < 4.78 is 3.04. The van der Waals surface area contributed by atoms with Gasteiger partial charge in [0.25, 0.3) is 0 Å². The molecule has 1 atom stereocenters. The van der Waals surface area contributed by atoms with E-state index in [4.69, 9.17) is 0 Å². The Bertz CT molecular complexity index is 1370. The molecule has 3 aromatic heterocycles. The van der Waals surface area contributed by atoms with Gasteiger partial charge in [-0.25, -0.2) is 15.0 Å². The summed E-state index contributed by atoms with van der Waals surface area (Å²) in [4.78, 5) is 13.6. The highest BCUT2D eigenvalue weighted by atomic mass is 32.1. The first-order valence-electron chi connectivity index (χ1n) is 10.1. The Labute approximate surface area is 184 Å². The monoisotopic (exact) mass is 426 g/mol. The lowest BCUT2D eigenvalue weighted by Crippen LogP contribution is -2.09. The first kappa shape index (κ1) is 19.4. The van der Waals surface area contributed by atoms with Crippen molar-refractivity contribution in [1.29, 1.82) is 0 Å². The topological polar surface area (TPSA) is 68.5 Å². The second-order valence-electron chi connectivity index (χ2n) is 7.55. The number of nitrogens with one attached hydrogen (secondary N) is 1. The van der Waals surface area contributed by atoms with E-state index in [1.807, 2.05) is 48.6 Å². The molecule has 0 bridgehead atoms. The quantitative estimate of drug-likeness (QED) is 0.394. The average Bonchev–Trinajstić information content (AvgIpc) is 3.41. The molecule has 1 N–H and O–H groups in total. The number of rotatable bonds is 5. The lowest BCUT2D eigenvalue weighted by atomic mass is 10.0. The number of hydrogen-bond donors (Lipinski definition) is 1. The first-order chi connectivity index (χ1) is 15.1. The van der Waals surface area contributed by atoms with Gasteiger partial charge in [-0.1, -0.05) is 24.3 Å². The molecule has 0 radical (unpaired) electrons. The number of benzene rings is 2. The Hall–Kier alpha value is -3.58. The highest BCUT2D eigenvalue weighted by molar-refractivity contribution is 7.16. The van der Waals surface area contributed by atoms with Gasteiger partial charge in [-0.2, -0.15) is 5.10 Å². The van der Waals surface area contributed by atoms with Crippen molar-refractivity contribution in [3.8, 4) is 22.5 Å². The number of aromatic nitrogens is 5. The number of hydrogen-bond acceptors (Lipinski definition) is 6. The molecule has 5 aromatic rings. The molecule has 0 fully saturated rings. The van der Waals surface area contributed by atoms with Gasteiger partial charge in [-0.3, -0.25) is 4.68 Å². The third-order valence-corrected chi connectivity index (χ3v) is 6.12. The minimum Gasteiger partial charge on any atom is -0.363 e. The molecule has 3 heterocycles. The summed E-state index contributed by atoms with van der Waals surface area (Å²) in [6.07, 6.45) is 1.82. The molecule has 0 saturated heterocycles. The highest BCUT2D eigenvalue weighted by Crippen LogP contribution is 2.28. The summed E-state index contributed by atoms with van der Waals surface area (Å²) in [7, 11) is 1.96. The van der Waals surface area contributed by atoms with E-state index in [1.165, 1.54) is 5.56 Å². The van der Waals surface area contributed by atoms with E-state index in [1.54, 1.807) is 11.3 Å². The van der Waals surface area contributed by atoms with Gasteiger partial charge in [0.2, 0.25) is 0 Å². The summed E-state index contributed by atoms with van der Waals surface area (Å²) in [5.74, 6) is 1.55. The van der Waals surface area contributed by atoms with Crippen LogP contribution < -0.4 is 5.32 Å². The standard InChI is InChI=1S/C24H22N6S/c1-15(17-5-4-6-19(11-17)22-9-10-26-30(22)3)27-24-13-21(28-16(2)29-24)18-7-8-20-23(12-18)31-14-25-20/h4-15H,1-3H3,(H,27,28,29)/t15-/m0/s1. The number of thiazole rings is 1. The van der Waals surface area contributed by atoms with E-state index in [9.17, 15) is 0 Å². The Kier molecular flexibility index (Phi) is 4.95. The smallest absolute Gasteiger partial charge is 0.130 e. The SMILES string of the molecule is Cc1nc(N[C@@H](C)c2cccc(-c3ccnn3C)c2)cc(-c2ccc3ncsc3c2)n1. The Balaban J connectivity index is 1.43. The van der Waals surface area contributed by atoms with Crippen molar-refractivity contribution in [3.63, 3.8) is 0 Å². The van der Waals surface area contributed by atoms with Crippen molar-refractivity contribution >= 4 is 27.4 Å². The van der Waals surface area contributed by atoms with E-state index < -0.39 is 0 Å². The van der Waals surface area contributed by atoms with Crippen molar-refractivity contribution in [2.75, 3.05) is 5.32 Å². The second-order valence-corrected chi connectivity index (χ2v) is 8.44. The molecule has 0 aliphatic rings. The van der Waals surface area contributed by atoms with Gasteiger partial charge < -0.3 is 5.32 Å². The first-order valence-corrected chi connectivity index (χ1v) is 11.0. The summed E-state index contributed by atoms with van der Waals surface area (Å²) in [6.45, 7) is 4.07. The normalized spacial score (nSPS) is 12.2. The lowest BCUT2D eigenvalue weighted by Gasteiger charge is -2.17. The summed E-state index contributed by atoms with van der Waals surface area (Å²) >= 11 is 1.64. The molecular weight excluding hydrogens is 404 g/mol. The fourth-order valence-corrected chi connectivity index (χ4v) is 4.45. The van der Waals surface area contributed by atoms with E-state index >= 15 is 0 Å². The van der Waals surface area contributed by atoms with Crippen LogP contribution >= 0.6 is 11.3 Å². The average molecular weight is 427 g/mol. The molecule has 5 rings (SSSR count). The van der Waals surface area contributed by atoms with Gasteiger partial charge in [0.1, 0.15) is 11.6 Å². The van der Waals surface area contributed by atoms with E-state index in [0.29, 0.717) is 0 Å². The van der Waals surface area contributed by atoms with E-state index in [2.05, 4.69) is 68.7 Å². The molecule has 31 heavy (non-hydrogen) atoms. The Morgan fingerprint density at radius 1 is 1.00 bits per heavy atom. The second kappa shape index (κ2) is 7.92. The maximum absolute atomic E-state index is 4.66. The van der Waals surface area contributed by atoms with Crippen LogP contribution in [0.4, 0.5) is 5.82 Å². The number of fused-ring (bicyclic) bond motifs is 1. The predicted octanol–water partition coefficient (Wildman–Crippen LogP) is 5.64. The Morgan fingerprint density at radius 2 is 1.90 bits per heavy atom. The van der Waals surface area contributed by atoms with Gasteiger partial charge in [0.15, 0.2) is 0 Å². The van der Waals surface area contributed by atoms with Crippen molar-refractivity contribution < 1.29 is 0 Å². The molecule has 2 aromatic carbocycles. The highest BCUT2D eigenvalue weighted by Gasteiger charge is 2.12. The van der Waals surface area contributed by atoms with Gasteiger partial charge in [-0.15, -0.1) is 11.3 Å². The third kappa shape index (κ3) is 3.92. The van der Waals surface area contributed by atoms with Crippen LogP contribution in [-0.2, 0) is 7.05 Å². The van der Waals surface area contributed by atoms with Gasteiger partial charge in [-0.05, 0) is 43.7 Å². The largest absolute Gasteiger partial charge is 0.363 e. The van der Waals surface area contributed by atoms with Crippen molar-refractivity contribution in [3.05, 3.63) is 77.7 Å². The van der Waals surface area contributed by atoms with Crippen molar-refractivity contribution in [2.45, 2.75) is 19.9 Å².